The first-order chi connectivity index (χ1) is 7.96. The van der Waals surface area contributed by atoms with Crippen LogP contribution in [0, 0.1) is 0 Å². The molecule has 17 heavy (non-hydrogen) atoms. The summed E-state index contributed by atoms with van der Waals surface area (Å²) in [7, 11) is 1.40. The van der Waals surface area contributed by atoms with Gasteiger partial charge in [0.15, 0.2) is 5.67 Å². The number of hydrogen-bond donors (Lipinski definition) is 2. The Bertz CT molecular complexity index is 474. The maximum absolute atomic E-state index is 13.5. The zero-order valence-electron chi connectivity index (χ0n) is 9.09. The summed E-state index contributed by atoms with van der Waals surface area (Å²) in [4.78, 5) is 11.5. The summed E-state index contributed by atoms with van der Waals surface area (Å²) in [5, 5.41) is 12.0. The number of halogens is 2. The van der Waals surface area contributed by atoms with E-state index in [2.05, 4.69) is 21.2 Å². The molecule has 6 heteroatoms. The van der Waals surface area contributed by atoms with Crippen LogP contribution < -0.4 is 10.1 Å². The van der Waals surface area contributed by atoms with Crippen LogP contribution in [0.15, 0.2) is 16.6 Å². The average molecular weight is 304 g/mol. The second-order valence-corrected chi connectivity index (χ2v) is 4.84. The van der Waals surface area contributed by atoms with Gasteiger partial charge >= 0.3 is 0 Å². The van der Waals surface area contributed by atoms with Gasteiger partial charge in [-0.3, -0.25) is 4.79 Å². The van der Waals surface area contributed by atoms with E-state index in [4.69, 9.17) is 4.74 Å². The van der Waals surface area contributed by atoms with Gasteiger partial charge in [-0.05, 0) is 25.0 Å². The third kappa shape index (κ3) is 2.36. The van der Waals surface area contributed by atoms with E-state index in [0.717, 1.165) is 0 Å². The molecule has 0 unspecified atom stereocenters. The molecule has 92 valence electrons. The van der Waals surface area contributed by atoms with E-state index in [1.54, 1.807) is 6.07 Å². The van der Waals surface area contributed by atoms with Crippen LogP contribution in [-0.2, 0) is 4.79 Å². The number of anilines is 1. The van der Waals surface area contributed by atoms with Crippen LogP contribution in [0.5, 0.6) is 11.5 Å². The summed E-state index contributed by atoms with van der Waals surface area (Å²) < 4.78 is 19.1. The third-order valence-electron chi connectivity index (χ3n) is 2.60. The van der Waals surface area contributed by atoms with Gasteiger partial charge in [0.1, 0.15) is 17.2 Å². The predicted molar refractivity (Wildman–Crippen MR) is 64.1 cm³/mol. The summed E-state index contributed by atoms with van der Waals surface area (Å²) in [5.74, 6) is -0.642. The van der Waals surface area contributed by atoms with Crippen molar-refractivity contribution >= 4 is 27.5 Å². The molecule has 4 nitrogen and oxygen atoms in total. The number of rotatable bonds is 3. The molecule has 0 aromatic heterocycles. The highest BCUT2D eigenvalue weighted by atomic mass is 79.9. The minimum atomic E-state index is -1.79. The van der Waals surface area contributed by atoms with Gasteiger partial charge in [-0.25, -0.2) is 4.39 Å². The zero-order valence-corrected chi connectivity index (χ0v) is 10.7. The van der Waals surface area contributed by atoms with E-state index in [9.17, 15) is 14.3 Å². The number of hydrogen-bond acceptors (Lipinski definition) is 3. The van der Waals surface area contributed by atoms with E-state index in [1.165, 1.54) is 13.2 Å². The van der Waals surface area contributed by atoms with Gasteiger partial charge in [0.2, 0.25) is 0 Å². The molecule has 1 aromatic carbocycles. The summed E-state index contributed by atoms with van der Waals surface area (Å²) in [6.45, 7) is 0. The van der Waals surface area contributed by atoms with E-state index >= 15 is 0 Å². The smallest absolute Gasteiger partial charge is 0.262 e. The number of alkyl halides is 1. The second kappa shape index (κ2) is 4.18. The van der Waals surface area contributed by atoms with Crippen molar-refractivity contribution in [1.29, 1.82) is 0 Å². The Morgan fingerprint density at radius 1 is 1.59 bits per heavy atom. The fourth-order valence-corrected chi connectivity index (χ4v) is 1.84. The summed E-state index contributed by atoms with van der Waals surface area (Å²) in [5.41, 5.74) is -1.70. The van der Waals surface area contributed by atoms with Crippen LogP contribution >= 0.6 is 15.9 Å². The third-order valence-corrected chi connectivity index (χ3v) is 3.06. The molecule has 0 atom stereocenters. The lowest BCUT2D eigenvalue weighted by molar-refractivity contribution is -0.122. The standard InChI is InChI=1S/C11H11BrFNO3/c1-17-8-5-6(12)4-7(15)9(8)14-10(16)11(13)2-3-11/h4-5,15H,2-3H2,1H3,(H,14,16). The molecular weight excluding hydrogens is 293 g/mol. The van der Waals surface area contributed by atoms with Crippen LogP contribution in [0.2, 0.25) is 0 Å². The van der Waals surface area contributed by atoms with Gasteiger partial charge in [0.25, 0.3) is 5.91 Å². The topological polar surface area (TPSA) is 58.6 Å². The fourth-order valence-electron chi connectivity index (χ4n) is 1.42. The van der Waals surface area contributed by atoms with Gasteiger partial charge in [0, 0.05) is 4.47 Å². The maximum Gasteiger partial charge on any atom is 0.262 e. The summed E-state index contributed by atoms with van der Waals surface area (Å²) in [6, 6.07) is 2.98. The highest BCUT2D eigenvalue weighted by Crippen LogP contribution is 2.43. The lowest BCUT2D eigenvalue weighted by atomic mass is 10.2. The number of amides is 1. The number of carbonyl (C=O) groups is 1. The molecule has 1 fully saturated rings. The molecule has 1 amide bonds. The molecule has 0 spiro atoms. The Morgan fingerprint density at radius 2 is 2.24 bits per heavy atom. The van der Waals surface area contributed by atoms with E-state index in [0.29, 0.717) is 4.47 Å². The van der Waals surface area contributed by atoms with Gasteiger partial charge < -0.3 is 15.2 Å². The highest BCUT2D eigenvalue weighted by Gasteiger charge is 2.51. The van der Waals surface area contributed by atoms with Crippen molar-refractivity contribution in [2.75, 3.05) is 12.4 Å². The van der Waals surface area contributed by atoms with Crippen LogP contribution in [0.3, 0.4) is 0 Å². The molecule has 0 radical (unpaired) electrons. The molecular formula is C11H11BrFNO3. The highest BCUT2D eigenvalue weighted by molar-refractivity contribution is 9.10. The number of phenols is 1. The van der Waals surface area contributed by atoms with Gasteiger partial charge in [-0.15, -0.1) is 0 Å². The van der Waals surface area contributed by atoms with E-state index in [-0.39, 0.29) is 30.0 Å². The number of benzene rings is 1. The minimum Gasteiger partial charge on any atom is -0.506 e. The summed E-state index contributed by atoms with van der Waals surface area (Å²) >= 11 is 3.18. The molecule has 0 aliphatic heterocycles. The van der Waals surface area contributed by atoms with Crippen LogP contribution in [0.4, 0.5) is 10.1 Å². The normalized spacial score (nSPS) is 16.4. The van der Waals surface area contributed by atoms with Crippen molar-refractivity contribution in [3.63, 3.8) is 0 Å². The number of ether oxygens (including phenoxy) is 1. The van der Waals surface area contributed by atoms with Gasteiger partial charge in [0.05, 0.1) is 7.11 Å². The largest absolute Gasteiger partial charge is 0.506 e. The average Bonchev–Trinajstić information content (AvgIpc) is 3.01. The lowest BCUT2D eigenvalue weighted by Gasteiger charge is -2.13. The van der Waals surface area contributed by atoms with E-state index < -0.39 is 11.6 Å². The van der Waals surface area contributed by atoms with E-state index in [1.807, 2.05) is 0 Å². The number of carbonyl (C=O) groups excluding carboxylic acids is 1. The van der Waals surface area contributed by atoms with Crippen LogP contribution in [0.1, 0.15) is 12.8 Å². The van der Waals surface area contributed by atoms with Crippen molar-refractivity contribution in [2.24, 2.45) is 0 Å². The number of nitrogens with one attached hydrogen (secondary N) is 1. The Labute approximate surface area is 106 Å². The number of methoxy groups -OCH3 is 1. The van der Waals surface area contributed by atoms with Crippen molar-refractivity contribution < 1.29 is 19.0 Å². The molecule has 1 aliphatic rings. The molecule has 1 aliphatic carbocycles. The quantitative estimate of drug-likeness (QED) is 0.844. The summed E-state index contributed by atoms with van der Waals surface area (Å²) in [6.07, 6.45) is 0.441. The molecule has 2 rings (SSSR count). The SMILES string of the molecule is COc1cc(Br)cc(O)c1NC(=O)C1(F)CC1. The molecule has 0 saturated heterocycles. The Kier molecular flexibility index (Phi) is 2.99. The fraction of sp³-hybridized carbons (Fsp3) is 0.364. The molecule has 2 N–H and O–H groups in total. The predicted octanol–water partition coefficient (Wildman–Crippen LogP) is 2.60. The first kappa shape index (κ1) is 12.2. The number of aromatic hydroxyl groups is 1. The van der Waals surface area contributed by atoms with Crippen LogP contribution in [-0.4, -0.2) is 23.8 Å². The Balaban J connectivity index is 2.28. The Morgan fingerprint density at radius 3 is 2.76 bits per heavy atom. The molecule has 0 bridgehead atoms. The maximum atomic E-state index is 13.5. The first-order valence-corrected chi connectivity index (χ1v) is 5.82. The Hall–Kier alpha value is -1.30. The molecule has 0 heterocycles. The lowest BCUT2D eigenvalue weighted by Crippen LogP contribution is -2.25. The minimum absolute atomic E-state index is 0.0876. The van der Waals surface area contributed by atoms with Crippen molar-refractivity contribution in [2.45, 2.75) is 18.5 Å². The molecule has 1 aromatic rings. The zero-order chi connectivity index (χ0) is 12.6. The second-order valence-electron chi connectivity index (χ2n) is 3.92. The van der Waals surface area contributed by atoms with Gasteiger partial charge in [-0.1, -0.05) is 15.9 Å². The monoisotopic (exact) mass is 303 g/mol. The van der Waals surface area contributed by atoms with Crippen molar-refractivity contribution in [1.82, 2.24) is 0 Å². The first-order valence-electron chi connectivity index (χ1n) is 5.03. The molecule has 1 saturated carbocycles. The van der Waals surface area contributed by atoms with Crippen molar-refractivity contribution in [3.05, 3.63) is 16.6 Å². The van der Waals surface area contributed by atoms with Crippen molar-refractivity contribution in [3.8, 4) is 11.5 Å². The number of phenolic OH excluding ortho intramolecular Hbond substituents is 1. The van der Waals surface area contributed by atoms with Gasteiger partial charge in [-0.2, -0.15) is 0 Å². The van der Waals surface area contributed by atoms with Crippen LogP contribution in [0.25, 0.3) is 0 Å².